The quantitative estimate of drug-likeness (QED) is 0.800. The fourth-order valence-corrected chi connectivity index (χ4v) is 2.44. The number of morpholine rings is 1. The Morgan fingerprint density at radius 2 is 1.88 bits per heavy atom. The van der Waals surface area contributed by atoms with Crippen molar-refractivity contribution in [1.82, 2.24) is 10.2 Å². The van der Waals surface area contributed by atoms with Crippen LogP contribution >= 0.6 is 0 Å². The van der Waals surface area contributed by atoms with Gasteiger partial charge < -0.3 is 15.0 Å². The van der Waals surface area contributed by atoms with Crippen LogP contribution in [0, 0.1) is 5.92 Å². The van der Waals surface area contributed by atoms with Gasteiger partial charge in [-0.05, 0) is 18.8 Å². The fourth-order valence-electron chi connectivity index (χ4n) is 2.44. The van der Waals surface area contributed by atoms with Gasteiger partial charge in [-0.3, -0.25) is 0 Å². The summed E-state index contributed by atoms with van der Waals surface area (Å²) in [6, 6.07) is 0.000333. The van der Waals surface area contributed by atoms with Gasteiger partial charge in [-0.25, -0.2) is 4.79 Å². The van der Waals surface area contributed by atoms with Gasteiger partial charge in [0, 0.05) is 19.3 Å². The number of allylic oxidation sites excluding steroid dienone is 1. The Bertz CT molecular complexity index is 267. The molecule has 0 aromatic carbocycles. The van der Waals surface area contributed by atoms with Crippen molar-refractivity contribution in [1.29, 1.82) is 0 Å². The van der Waals surface area contributed by atoms with Crippen LogP contribution in [-0.2, 0) is 4.74 Å². The summed E-state index contributed by atoms with van der Waals surface area (Å²) in [5, 5.41) is 2.85. The van der Waals surface area contributed by atoms with Gasteiger partial charge in [0.2, 0.25) is 0 Å². The van der Waals surface area contributed by atoms with Crippen molar-refractivity contribution in [2.75, 3.05) is 26.3 Å². The lowest BCUT2D eigenvalue weighted by atomic mass is 9.89. The summed E-state index contributed by atoms with van der Waals surface area (Å²) in [4.78, 5) is 13.5. The lowest BCUT2D eigenvalue weighted by molar-refractivity contribution is 0.0540. The zero-order valence-corrected chi connectivity index (χ0v) is 10.4. The Balaban J connectivity index is 1.69. The average Bonchev–Trinajstić information content (AvgIpc) is 2.41. The van der Waals surface area contributed by atoms with E-state index in [2.05, 4.69) is 11.4 Å². The molecule has 1 heterocycles. The van der Waals surface area contributed by atoms with Crippen molar-refractivity contribution in [3.8, 4) is 0 Å². The summed E-state index contributed by atoms with van der Waals surface area (Å²) in [6.07, 6.45) is 10.5. The predicted octanol–water partition coefficient (Wildman–Crippen LogP) is 2.12. The highest BCUT2D eigenvalue weighted by Gasteiger charge is 2.15. The van der Waals surface area contributed by atoms with Crippen molar-refractivity contribution in [3.05, 3.63) is 12.3 Å². The molecular weight excluding hydrogens is 216 g/mol. The molecule has 1 N–H and O–H groups in total. The van der Waals surface area contributed by atoms with E-state index in [0.717, 1.165) is 0 Å². The van der Waals surface area contributed by atoms with E-state index in [-0.39, 0.29) is 6.03 Å². The highest BCUT2D eigenvalue weighted by molar-refractivity contribution is 5.75. The van der Waals surface area contributed by atoms with Crippen molar-refractivity contribution in [3.63, 3.8) is 0 Å². The maximum Gasteiger partial charge on any atom is 0.321 e. The Kier molecular flexibility index (Phi) is 4.86. The second-order valence-corrected chi connectivity index (χ2v) is 4.81. The van der Waals surface area contributed by atoms with Crippen molar-refractivity contribution in [2.45, 2.75) is 32.1 Å². The molecule has 1 aliphatic heterocycles. The SMILES string of the molecule is O=C(N/C=C/C1CCCCC1)N1CCOCC1. The number of nitrogens with zero attached hydrogens (tertiary/aromatic N) is 1. The summed E-state index contributed by atoms with van der Waals surface area (Å²) in [5.74, 6) is 0.661. The van der Waals surface area contributed by atoms with Crippen LogP contribution < -0.4 is 5.32 Å². The number of carbonyl (C=O) groups excluding carboxylic acids is 1. The zero-order valence-electron chi connectivity index (χ0n) is 10.4. The highest BCUT2D eigenvalue weighted by Crippen LogP contribution is 2.24. The van der Waals surface area contributed by atoms with Crippen LogP contribution in [0.5, 0.6) is 0 Å². The maximum absolute atomic E-state index is 11.7. The monoisotopic (exact) mass is 238 g/mol. The number of carbonyl (C=O) groups is 1. The smallest absolute Gasteiger partial charge is 0.321 e. The number of hydrogen-bond acceptors (Lipinski definition) is 2. The molecule has 17 heavy (non-hydrogen) atoms. The first-order valence-electron chi connectivity index (χ1n) is 6.66. The Hall–Kier alpha value is -1.03. The molecule has 4 nitrogen and oxygen atoms in total. The number of urea groups is 1. The normalized spacial score (nSPS) is 22.9. The van der Waals surface area contributed by atoms with Gasteiger partial charge in [0.25, 0.3) is 0 Å². The molecule has 0 spiro atoms. The number of ether oxygens (including phenoxy) is 1. The fraction of sp³-hybridized carbons (Fsp3) is 0.769. The molecule has 0 radical (unpaired) electrons. The summed E-state index contributed by atoms with van der Waals surface area (Å²) in [5.41, 5.74) is 0. The molecule has 0 aromatic heterocycles. The van der Waals surface area contributed by atoms with Crippen LogP contribution in [0.4, 0.5) is 4.79 Å². The molecule has 1 saturated heterocycles. The van der Waals surface area contributed by atoms with Gasteiger partial charge in [0.15, 0.2) is 0 Å². The molecule has 2 rings (SSSR count). The second-order valence-electron chi connectivity index (χ2n) is 4.81. The Morgan fingerprint density at radius 3 is 2.59 bits per heavy atom. The summed E-state index contributed by atoms with van der Waals surface area (Å²) in [6.45, 7) is 2.70. The molecule has 4 heteroatoms. The summed E-state index contributed by atoms with van der Waals surface area (Å²) < 4.78 is 5.21. The summed E-state index contributed by atoms with van der Waals surface area (Å²) in [7, 11) is 0. The standard InChI is InChI=1S/C13H22N2O2/c16-13(15-8-10-17-11-9-15)14-7-6-12-4-2-1-3-5-12/h6-7,12H,1-5,8-11H2,(H,14,16)/b7-6+. The number of nitrogens with one attached hydrogen (secondary N) is 1. The van der Waals surface area contributed by atoms with E-state index in [4.69, 9.17) is 4.74 Å². The van der Waals surface area contributed by atoms with E-state index in [9.17, 15) is 4.79 Å². The van der Waals surface area contributed by atoms with E-state index < -0.39 is 0 Å². The minimum Gasteiger partial charge on any atom is -0.378 e. The molecule has 96 valence electrons. The van der Waals surface area contributed by atoms with Crippen LogP contribution in [0.3, 0.4) is 0 Å². The highest BCUT2D eigenvalue weighted by atomic mass is 16.5. The van der Waals surface area contributed by atoms with Crippen molar-refractivity contribution in [2.24, 2.45) is 5.92 Å². The second kappa shape index (κ2) is 6.64. The van der Waals surface area contributed by atoms with Crippen LogP contribution in [0.1, 0.15) is 32.1 Å². The minimum atomic E-state index is 0.000333. The van der Waals surface area contributed by atoms with Crippen LogP contribution in [0.25, 0.3) is 0 Å². The molecule has 1 aliphatic carbocycles. The van der Waals surface area contributed by atoms with E-state index in [1.165, 1.54) is 32.1 Å². The van der Waals surface area contributed by atoms with E-state index in [1.807, 2.05) is 6.20 Å². The third kappa shape index (κ3) is 4.04. The molecule has 2 fully saturated rings. The third-order valence-electron chi connectivity index (χ3n) is 3.52. The molecule has 0 atom stereocenters. The van der Waals surface area contributed by atoms with Crippen molar-refractivity contribution < 1.29 is 9.53 Å². The first kappa shape index (κ1) is 12.4. The van der Waals surface area contributed by atoms with E-state index >= 15 is 0 Å². The van der Waals surface area contributed by atoms with Gasteiger partial charge in [0.05, 0.1) is 13.2 Å². The molecule has 0 aromatic rings. The maximum atomic E-state index is 11.7. The number of amides is 2. The molecule has 0 unspecified atom stereocenters. The van der Waals surface area contributed by atoms with E-state index in [1.54, 1.807) is 4.90 Å². The first-order valence-corrected chi connectivity index (χ1v) is 6.66. The average molecular weight is 238 g/mol. The topological polar surface area (TPSA) is 41.6 Å². The largest absolute Gasteiger partial charge is 0.378 e. The third-order valence-corrected chi connectivity index (χ3v) is 3.52. The van der Waals surface area contributed by atoms with Gasteiger partial charge >= 0.3 is 6.03 Å². The zero-order chi connectivity index (χ0) is 11.9. The van der Waals surface area contributed by atoms with Gasteiger partial charge in [0.1, 0.15) is 0 Å². The van der Waals surface area contributed by atoms with Gasteiger partial charge in [-0.1, -0.05) is 25.3 Å². The predicted molar refractivity (Wildman–Crippen MR) is 66.6 cm³/mol. The van der Waals surface area contributed by atoms with Crippen LogP contribution in [0.2, 0.25) is 0 Å². The molecule has 2 aliphatic rings. The van der Waals surface area contributed by atoms with Gasteiger partial charge in [-0.15, -0.1) is 0 Å². The lowest BCUT2D eigenvalue weighted by Gasteiger charge is -2.26. The molecule has 1 saturated carbocycles. The Labute approximate surface area is 103 Å². The summed E-state index contributed by atoms with van der Waals surface area (Å²) >= 11 is 0. The van der Waals surface area contributed by atoms with Crippen LogP contribution in [0.15, 0.2) is 12.3 Å². The number of hydrogen-bond donors (Lipinski definition) is 1. The van der Waals surface area contributed by atoms with Crippen LogP contribution in [-0.4, -0.2) is 37.2 Å². The van der Waals surface area contributed by atoms with E-state index in [0.29, 0.717) is 32.2 Å². The lowest BCUT2D eigenvalue weighted by Crippen LogP contribution is -2.44. The minimum absolute atomic E-state index is 0.000333. The van der Waals surface area contributed by atoms with Crippen molar-refractivity contribution >= 4 is 6.03 Å². The molecule has 0 bridgehead atoms. The molecular formula is C13H22N2O2. The Morgan fingerprint density at radius 1 is 1.18 bits per heavy atom. The molecule has 2 amide bonds. The first-order chi connectivity index (χ1) is 8.36. The number of rotatable bonds is 2. The van der Waals surface area contributed by atoms with Gasteiger partial charge in [-0.2, -0.15) is 0 Å².